The van der Waals surface area contributed by atoms with Crippen molar-refractivity contribution in [3.63, 3.8) is 0 Å². The Morgan fingerprint density at radius 3 is 2.60 bits per heavy atom. The molecule has 9 heteroatoms. The number of thiophene rings is 1. The van der Waals surface area contributed by atoms with Crippen molar-refractivity contribution < 1.29 is 22.7 Å². The second-order valence-corrected chi connectivity index (χ2v) is 10.5. The van der Waals surface area contributed by atoms with E-state index in [1.54, 1.807) is 23.5 Å². The number of piperidine rings is 1. The third-order valence-corrected chi connectivity index (χ3v) is 8.46. The molecule has 4 rings (SSSR count). The minimum Gasteiger partial charge on any atom is -0.490 e. The topological polar surface area (TPSA) is 84.9 Å². The molecule has 0 saturated carbocycles. The van der Waals surface area contributed by atoms with Gasteiger partial charge >= 0.3 is 0 Å². The molecule has 7 nitrogen and oxygen atoms in total. The van der Waals surface area contributed by atoms with Crippen LogP contribution in [0.25, 0.3) is 0 Å². The molecular formula is C21H26N2O5S2. The van der Waals surface area contributed by atoms with Gasteiger partial charge in [0.25, 0.3) is 0 Å². The fourth-order valence-electron chi connectivity index (χ4n) is 3.75. The first kappa shape index (κ1) is 21.1. The van der Waals surface area contributed by atoms with Gasteiger partial charge in [0, 0.05) is 36.4 Å². The zero-order valence-corrected chi connectivity index (χ0v) is 18.5. The summed E-state index contributed by atoms with van der Waals surface area (Å²) in [5, 5.41) is 5.04. The smallest absolute Gasteiger partial charge is 0.243 e. The van der Waals surface area contributed by atoms with E-state index in [0.717, 1.165) is 11.3 Å². The van der Waals surface area contributed by atoms with Crippen LogP contribution in [-0.2, 0) is 14.8 Å². The summed E-state index contributed by atoms with van der Waals surface area (Å²) in [5.41, 5.74) is 0. The van der Waals surface area contributed by atoms with Crippen LogP contribution in [0.15, 0.2) is 40.6 Å². The number of amides is 1. The molecular weight excluding hydrogens is 424 g/mol. The predicted octanol–water partition coefficient (Wildman–Crippen LogP) is 3.19. The van der Waals surface area contributed by atoms with E-state index in [2.05, 4.69) is 5.32 Å². The quantitative estimate of drug-likeness (QED) is 0.756. The van der Waals surface area contributed by atoms with Crippen molar-refractivity contribution in [1.29, 1.82) is 0 Å². The summed E-state index contributed by atoms with van der Waals surface area (Å²) in [5.74, 6) is 0.846. The lowest BCUT2D eigenvalue weighted by Gasteiger charge is -2.31. The molecule has 162 valence electrons. The van der Waals surface area contributed by atoms with Crippen LogP contribution in [0.1, 0.15) is 37.1 Å². The van der Waals surface area contributed by atoms with Crippen LogP contribution in [0.2, 0.25) is 0 Å². The molecule has 1 aromatic heterocycles. The Morgan fingerprint density at radius 1 is 1.17 bits per heavy atom. The Hall–Kier alpha value is -2.10. The maximum Gasteiger partial charge on any atom is 0.243 e. The van der Waals surface area contributed by atoms with Crippen LogP contribution in [0.4, 0.5) is 0 Å². The van der Waals surface area contributed by atoms with Crippen molar-refractivity contribution >= 4 is 27.3 Å². The molecule has 1 saturated heterocycles. The standard InChI is InChI=1S/C21H26N2O5S2/c1-15(20-4-2-13-29-20)22-21(24)16-7-9-23(10-8-16)30(25,26)17-5-6-18-19(14-17)28-12-3-11-27-18/h2,4-6,13-16H,3,7-12H2,1H3,(H,22,24). The van der Waals surface area contributed by atoms with Crippen LogP contribution in [-0.4, -0.2) is 44.9 Å². The van der Waals surface area contributed by atoms with Gasteiger partial charge in [-0.25, -0.2) is 8.42 Å². The number of nitrogens with one attached hydrogen (secondary N) is 1. The van der Waals surface area contributed by atoms with E-state index in [9.17, 15) is 13.2 Å². The van der Waals surface area contributed by atoms with Crippen LogP contribution >= 0.6 is 11.3 Å². The van der Waals surface area contributed by atoms with Crippen LogP contribution in [0, 0.1) is 5.92 Å². The van der Waals surface area contributed by atoms with Gasteiger partial charge in [-0.15, -0.1) is 11.3 Å². The fraction of sp³-hybridized carbons (Fsp3) is 0.476. The SMILES string of the molecule is CC(NC(=O)C1CCN(S(=O)(=O)c2ccc3c(c2)OCCCO3)CC1)c1cccs1. The molecule has 0 radical (unpaired) electrons. The number of hydrogen-bond donors (Lipinski definition) is 1. The fourth-order valence-corrected chi connectivity index (χ4v) is 5.97. The summed E-state index contributed by atoms with van der Waals surface area (Å²) in [6.45, 7) is 3.67. The molecule has 0 spiro atoms. The van der Waals surface area contributed by atoms with Crippen molar-refractivity contribution in [1.82, 2.24) is 9.62 Å². The summed E-state index contributed by atoms with van der Waals surface area (Å²) in [6, 6.07) is 8.67. The molecule has 1 atom stereocenters. The monoisotopic (exact) mass is 450 g/mol. The predicted molar refractivity (Wildman–Crippen MR) is 114 cm³/mol. The third-order valence-electron chi connectivity index (χ3n) is 5.51. The van der Waals surface area contributed by atoms with Crippen molar-refractivity contribution in [2.45, 2.75) is 37.1 Å². The molecule has 1 unspecified atom stereocenters. The van der Waals surface area contributed by atoms with Crippen molar-refractivity contribution in [2.75, 3.05) is 26.3 Å². The second-order valence-electron chi connectivity index (χ2n) is 7.58. The van der Waals surface area contributed by atoms with Gasteiger partial charge in [-0.05, 0) is 43.3 Å². The maximum atomic E-state index is 13.1. The van der Waals surface area contributed by atoms with E-state index >= 15 is 0 Å². The molecule has 0 aliphatic carbocycles. The lowest BCUT2D eigenvalue weighted by molar-refractivity contribution is -0.126. The highest BCUT2D eigenvalue weighted by molar-refractivity contribution is 7.89. The van der Waals surface area contributed by atoms with Crippen LogP contribution in [0.3, 0.4) is 0 Å². The number of sulfonamides is 1. The van der Waals surface area contributed by atoms with Crippen LogP contribution in [0.5, 0.6) is 11.5 Å². The minimum atomic E-state index is -3.65. The van der Waals surface area contributed by atoms with Crippen molar-refractivity contribution in [2.24, 2.45) is 5.92 Å². The zero-order valence-electron chi connectivity index (χ0n) is 16.9. The van der Waals surface area contributed by atoms with Gasteiger partial charge in [0.15, 0.2) is 11.5 Å². The average Bonchev–Trinajstić information content (AvgIpc) is 3.19. The summed E-state index contributed by atoms with van der Waals surface area (Å²) >= 11 is 1.61. The first-order chi connectivity index (χ1) is 14.4. The van der Waals surface area contributed by atoms with E-state index in [0.29, 0.717) is 50.6 Å². The summed E-state index contributed by atoms with van der Waals surface area (Å²) < 4.78 is 38.9. The van der Waals surface area contributed by atoms with E-state index in [1.807, 2.05) is 24.4 Å². The molecule has 1 amide bonds. The number of carbonyl (C=O) groups is 1. The molecule has 0 bridgehead atoms. The van der Waals surface area contributed by atoms with Gasteiger partial charge in [0.1, 0.15) is 0 Å². The number of hydrogen-bond acceptors (Lipinski definition) is 6. The molecule has 30 heavy (non-hydrogen) atoms. The van der Waals surface area contributed by atoms with E-state index in [-0.39, 0.29) is 22.8 Å². The highest BCUT2D eigenvalue weighted by Crippen LogP contribution is 2.34. The second kappa shape index (κ2) is 8.95. The Morgan fingerprint density at radius 2 is 1.90 bits per heavy atom. The summed E-state index contributed by atoms with van der Waals surface area (Å²) in [4.78, 5) is 13.9. The lowest BCUT2D eigenvalue weighted by atomic mass is 9.97. The van der Waals surface area contributed by atoms with Gasteiger partial charge in [-0.2, -0.15) is 4.31 Å². The number of ether oxygens (including phenoxy) is 2. The highest BCUT2D eigenvalue weighted by atomic mass is 32.2. The first-order valence-corrected chi connectivity index (χ1v) is 12.5. The first-order valence-electron chi connectivity index (χ1n) is 10.2. The molecule has 1 aromatic carbocycles. The van der Waals surface area contributed by atoms with Gasteiger partial charge < -0.3 is 14.8 Å². The van der Waals surface area contributed by atoms with Gasteiger partial charge in [0.05, 0.1) is 24.2 Å². The molecule has 1 fully saturated rings. The van der Waals surface area contributed by atoms with Crippen molar-refractivity contribution in [3.8, 4) is 11.5 Å². The molecule has 2 aliphatic heterocycles. The number of nitrogens with zero attached hydrogens (tertiary/aromatic N) is 1. The molecule has 2 aliphatic rings. The number of rotatable bonds is 5. The summed E-state index contributed by atoms with van der Waals surface area (Å²) in [6.07, 6.45) is 1.77. The number of carbonyl (C=O) groups excluding carboxylic acids is 1. The van der Waals surface area contributed by atoms with Gasteiger partial charge in [-0.3, -0.25) is 4.79 Å². The summed E-state index contributed by atoms with van der Waals surface area (Å²) in [7, 11) is -3.65. The zero-order chi connectivity index (χ0) is 21.1. The number of benzene rings is 1. The maximum absolute atomic E-state index is 13.1. The number of fused-ring (bicyclic) bond motifs is 1. The average molecular weight is 451 g/mol. The Labute approximate surface area is 181 Å². The molecule has 2 aromatic rings. The van der Waals surface area contributed by atoms with E-state index in [4.69, 9.17) is 9.47 Å². The Balaban J connectivity index is 1.38. The van der Waals surface area contributed by atoms with E-state index < -0.39 is 10.0 Å². The highest BCUT2D eigenvalue weighted by Gasteiger charge is 2.33. The van der Waals surface area contributed by atoms with Gasteiger partial charge in [-0.1, -0.05) is 6.07 Å². The largest absolute Gasteiger partial charge is 0.490 e. The Bertz CT molecular complexity index is 983. The normalized spacial score (nSPS) is 19.1. The third kappa shape index (κ3) is 4.48. The van der Waals surface area contributed by atoms with Crippen LogP contribution < -0.4 is 14.8 Å². The minimum absolute atomic E-state index is 0.0106. The lowest BCUT2D eigenvalue weighted by Crippen LogP contribution is -2.43. The van der Waals surface area contributed by atoms with Gasteiger partial charge in [0.2, 0.25) is 15.9 Å². The van der Waals surface area contributed by atoms with Crippen molar-refractivity contribution in [3.05, 3.63) is 40.6 Å². The molecule has 3 heterocycles. The molecule has 1 N–H and O–H groups in total. The Kier molecular flexibility index (Phi) is 6.31. The van der Waals surface area contributed by atoms with E-state index in [1.165, 1.54) is 10.4 Å².